The summed E-state index contributed by atoms with van der Waals surface area (Å²) >= 11 is 0. The number of hydrogen-bond donors (Lipinski definition) is 0. The van der Waals surface area contributed by atoms with E-state index in [0.29, 0.717) is 5.88 Å². The van der Waals surface area contributed by atoms with Crippen molar-refractivity contribution in [3.8, 4) is 17.2 Å². The number of methoxy groups -OCH3 is 1. The van der Waals surface area contributed by atoms with Crippen LogP contribution in [0.2, 0.25) is 0 Å². The summed E-state index contributed by atoms with van der Waals surface area (Å²) in [4.78, 5) is 0. The molecule has 0 fully saturated rings. The van der Waals surface area contributed by atoms with Crippen LogP contribution in [0.5, 0.6) is 5.88 Å². The second-order valence-electron chi connectivity index (χ2n) is 3.10. The molecule has 1 aromatic heterocycles. The maximum absolute atomic E-state index is 5.11. The fourth-order valence-electron chi connectivity index (χ4n) is 1.21. The second-order valence-corrected chi connectivity index (χ2v) is 3.10. The minimum Gasteiger partial charge on any atom is -0.479 e. The van der Waals surface area contributed by atoms with Crippen molar-refractivity contribution in [3.05, 3.63) is 35.9 Å². The lowest BCUT2D eigenvalue weighted by Crippen LogP contribution is -1.79. The van der Waals surface area contributed by atoms with Gasteiger partial charge in [0, 0.05) is 11.6 Å². The van der Waals surface area contributed by atoms with Gasteiger partial charge in [0.2, 0.25) is 0 Å². The molecule has 0 bridgehead atoms. The van der Waals surface area contributed by atoms with E-state index in [2.05, 4.69) is 5.16 Å². The minimum absolute atomic E-state index is 0.501. The smallest absolute Gasteiger partial charge is 0.254 e. The molecule has 1 heterocycles. The van der Waals surface area contributed by atoms with Crippen molar-refractivity contribution in [2.45, 2.75) is 6.92 Å². The van der Waals surface area contributed by atoms with Gasteiger partial charge in [-0.15, -0.1) is 0 Å². The first-order valence-corrected chi connectivity index (χ1v) is 4.37. The Kier molecular flexibility index (Phi) is 2.23. The van der Waals surface area contributed by atoms with E-state index in [0.717, 1.165) is 11.3 Å². The van der Waals surface area contributed by atoms with Crippen molar-refractivity contribution in [3.63, 3.8) is 0 Å². The number of nitrogens with zero attached hydrogens (tertiary/aromatic N) is 1. The van der Waals surface area contributed by atoms with E-state index >= 15 is 0 Å². The van der Waals surface area contributed by atoms with Gasteiger partial charge in [-0.25, -0.2) is 0 Å². The molecule has 0 aliphatic heterocycles. The van der Waals surface area contributed by atoms with E-state index in [1.807, 2.05) is 31.2 Å². The molecule has 0 N–H and O–H groups in total. The van der Waals surface area contributed by atoms with Crippen LogP contribution in [0.1, 0.15) is 5.56 Å². The van der Waals surface area contributed by atoms with Crippen molar-refractivity contribution >= 4 is 0 Å². The third kappa shape index (κ3) is 1.62. The van der Waals surface area contributed by atoms with Gasteiger partial charge >= 0.3 is 0 Å². The first-order valence-electron chi connectivity index (χ1n) is 4.37. The molecule has 3 heteroatoms. The zero-order chi connectivity index (χ0) is 9.97. The molecule has 0 saturated carbocycles. The molecule has 0 spiro atoms. The molecule has 14 heavy (non-hydrogen) atoms. The molecule has 72 valence electrons. The normalized spacial score (nSPS) is 10.1. The molecule has 0 amide bonds. The fourth-order valence-corrected chi connectivity index (χ4v) is 1.21. The highest BCUT2D eigenvalue weighted by Crippen LogP contribution is 2.23. The Labute approximate surface area is 82.3 Å². The maximum atomic E-state index is 5.11. The topological polar surface area (TPSA) is 35.3 Å². The summed E-state index contributed by atoms with van der Waals surface area (Å²) in [6.07, 6.45) is 0. The molecule has 1 aromatic carbocycles. The quantitative estimate of drug-likeness (QED) is 0.728. The van der Waals surface area contributed by atoms with Gasteiger partial charge in [-0.05, 0) is 12.1 Å². The van der Waals surface area contributed by atoms with Crippen LogP contribution in [0, 0.1) is 6.92 Å². The van der Waals surface area contributed by atoms with Crippen LogP contribution in [-0.2, 0) is 0 Å². The average Bonchev–Trinajstić information content (AvgIpc) is 2.67. The molecule has 0 atom stereocenters. The Morgan fingerprint density at radius 2 is 1.93 bits per heavy atom. The van der Waals surface area contributed by atoms with Gasteiger partial charge in [0.05, 0.1) is 7.11 Å². The van der Waals surface area contributed by atoms with Gasteiger partial charge in [0.15, 0.2) is 5.76 Å². The molecule has 0 radical (unpaired) electrons. The highest BCUT2D eigenvalue weighted by atomic mass is 16.5. The maximum Gasteiger partial charge on any atom is 0.254 e. The van der Waals surface area contributed by atoms with Crippen molar-refractivity contribution in [1.82, 2.24) is 5.16 Å². The Morgan fingerprint density at radius 1 is 1.21 bits per heavy atom. The zero-order valence-corrected chi connectivity index (χ0v) is 8.15. The van der Waals surface area contributed by atoms with E-state index in [1.54, 1.807) is 13.2 Å². The van der Waals surface area contributed by atoms with Gasteiger partial charge in [-0.3, -0.25) is 0 Å². The van der Waals surface area contributed by atoms with Crippen molar-refractivity contribution in [2.75, 3.05) is 7.11 Å². The van der Waals surface area contributed by atoms with Crippen LogP contribution >= 0.6 is 0 Å². The third-order valence-electron chi connectivity index (χ3n) is 2.03. The second kappa shape index (κ2) is 3.54. The highest BCUT2D eigenvalue weighted by Gasteiger charge is 2.05. The van der Waals surface area contributed by atoms with Crippen LogP contribution in [0.3, 0.4) is 0 Å². The molecular weight excluding hydrogens is 178 g/mol. The number of aryl methyl sites for hydroxylation is 1. The molecule has 0 aliphatic rings. The average molecular weight is 189 g/mol. The summed E-state index contributed by atoms with van der Waals surface area (Å²) < 4.78 is 10.0. The predicted octanol–water partition coefficient (Wildman–Crippen LogP) is 2.66. The van der Waals surface area contributed by atoms with Crippen LogP contribution in [-0.4, -0.2) is 12.3 Å². The summed E-state index contributed by atoms with van der Waals surface area (Å²) in [5.41, 5.74) is 2.23. The summed E-state index contributed by atoms with van der Waals surface area (Å²) in [6.45, 7) is 2.05. The van der Waals surface area contributed by atoms with Crippen molar-refractivity contribution in [2.24, 2.45) is 0 Å². The fraction of sp³-hybridized carbons (Fsp3) is 0.182. The molecule has 0 unspecified atom stereocenters. The molecule has 3 nitrogen and oxygen atoms in total. The Balaban J connectivity index is 2.34. The Hall–Kier alpha value is -1.77. The molecular formula is C11H11NO2. The first-order chi connectivity index (χ1) is 6.79. The Bertz CT molecular complexity index is 417. The number of ether oxygens (including phenoxy) is 1. The molecule has 2 aromatic rings. The standard InChI is InChI=1S/C11H11NO2/c1-8-3-5-9(6-4-8)10-7-11(13-2)12-14-10/h3-7H,1-2H3. The van der Waals surface area contributed by atoms with Crippen molar-refractivity contribution in [1.29, 1.82) is 0 Å². The summed E-state index contributed by atoms with van der Waals surface area (Å²) in [5.74, 6) is 1.22. The van der Waals surface area contributed by atoms with E-state index < -0.39 is 0 Å². The number of hydrogen-bond acceptors (Lipinski definition) is 3. The van der Waals surface area contributed by atoms with E-state index in [1.165, 1.54) is 5.56 Å². The van der Waals surface area contributed by atoms with Gasteiger partial charge in [0.25, 0.3) is 5.88 Å². The van der Waals surface area contributed by atoms with Gasteiger partial charge < -0.3 is 9.26 Å². The third-order valence-corrected chi connectivity index (χ3v) is 2.03. The van der Waals surface area contributed by atoms with Gasteiger partial charge in [-0.1, -0.05) is 29.8 Å². The van der Waals surface area contributed by atoms with Gasteiger partial charge in [0.1, 0.15) is 0 Å². The van der Waals surface area contributed by atoms with Crippen LogP contribution in [0.4, 0.5) is 0 Å². The molecule has 0 saturated heterocycles. The van der Waals surface area contributed by atoms with E-state index in [4.69, 9.17) is 9.26 Å². The van der Waals surface area contributed by atoms with Crippen LogP contribution < -0.4 is 4.74 Å². The largest absolute Gasteiger partial charge is 0.479 e. The van der Waals surface area contributed by atoms with Crippen LogP contribution in [0.15, 0.2) is 34.9 Å². The lowest BCUT2D eigenvalue weighted by Gasteiger charge is -1.94. The van der Waals surface area contributed by atoms with E-state index in [9.17, 15) is 0 Å². The first kappa shape index (κ1) is 8.81. The lowest BCUT2D eigenvalue weighted by molar-refractivity contribution is 0.343. The monoisotopic (exact) mass is 189 g/mol. The number of rotatable bonds is 2. The summed E-state index contributed by atoms with van der Waals surface area (Å²) in [6, 6.07) is 9.82. The van der Waals surface area contributed by atoms with Gasteiger partial charge in [-0.2, -0.15) is 0 Å². The highest BCUT2D eigenvalue weighted by molar-refractivity contribution is 5.58. The molecule has 2 rings (SSSR count). The van der Waals surface area contributed by atoms with Crippen LogP contribution in [0.25, 0.3) is 11.3 Å². The Morgan fingerprint density at radius 3 is 2.50 bits per heavy atom. The van der Waals surface area contributed by atoms with Crippen molar-refractivity contribution < 1.29 is 9.26 Å². The minimum atomic E-state index is 0.501. The predicted molar refractivity (Wildman–Crippen MR) is 53.2 cm³/mol. The lowest BCUT2D eigenvalue weighted by atomic mass is 10.1. The summed E-state index contributed by atoms with van der Waals surface area (Å²) in [7, 11) is 1.57. The SMILES string of the molecule is COc1cc(-c2ccc(C)cc2)on1. The molecule has 0 aliphatic carbocycles. The number of benzene rings is 1. The number of aromatic nitrogens is 1. The van der Waals surface area contributed by atoms with E-state index in [-0.39, 0.29) is 0 Å². The zero-order valence-electron chi connectivity index (χ0n) is 8.15. The summed E-state index contributed by atoms with van der Waals surface area (Å²) in [5, 5.41) is 3.74.